The first kappa shape index (κ1) is 29.5. The summed E-state index contributed by atoms with van der Waals surface area (Å²) in [6.07, 6.45) is 6.58. The summed E-state index contributed by atoms with van der Waals surface area (Å²) in [5, 5.41) is 3.88. The second kappa shape index (κ2) is 14.8. The quantitative estimate of drug-likeness (QED) is 0.278. The van der Waals surface area contributed by atoms with Crippen LogP contribution in [0, 0.1) is 0 Å². The standard InChI is InChI=1S/C33H39ClN2O4/c1-39-30-18-16-25(22-31(30)40-2)17-19-32(37)36(23-26-12-9-13-27(34)20-26)29(21-24-10-5-3-6-11-24)33(38)35-28-14-7-4-8-15-28/h3,5-6,9-13,16,18,20,22,28-29H,4,7-8,14-15,17,19,21,23H2,1-2H3,(H,35,38)/t29-/m1/s1. The fourth-order valence-electron chi connectivity index (χ4n) is 5.36. The molecule has 6 nitrogen and oxygen atoms in total. The third kappa shape index (κ3) is 8.25. The summed E-state index contributed by atoms with van der Waals surface area (Å²) in [5.74, 6) is 1.08. The van der Waals surface area contributed by atoms with Crippen molar-refractivity contribution in [1.82, 2.24) is 10.2 Å². The Morgan fingerprint density at radius 2 is 1.60 bits per heavy atom. The topological polar surface area (TPSA) is 67.9 Å². The Labute approximate surface area is 242 Å². The summed E-state index contributed by atoms with van der Waals surface area (Å²) < 4.78 is 10.8. The highest BCUT2D eigenvalue weighted by Crippen LogP contribution is 2.28. The third-order valence-corrected chi connectivity index (χ3v) is 7.78. The molecule has 0 unspecified atom stereocenters. The minimum Gasteiger partial charge on any atom is -0.493 e. The van der Waals surface area contributed by atoms with E-state index in [2.05, 4.69) is 5.32 Å². The van der Waals surface area contributed by atoms with Gasteiger partial charge in [-0.2, -0.15) is 0 Å². The predicted molar refractivity (Wildman–Crippen MR) is 159 cm³/mol. The lowest BCUT2D eigenvalue weighted by Gasteiger charge is -2.33. The van der Waals surface area contributed by atoms with Gasteiger partial charge in [0.2, 0.25) is 11.8 Å². The van der Waals surface area contributed by atoms with Crippen molar-refractivity contribution in [1.29, 1.82) is 0 Å². The molecule has 1 N–H and O–H groups in total. The van der Waals surface area contributed by atoms with Gasteiger partial charge in [-0.3, -0.25) is 9.59 Å². The van der Waals surface area contributed by atoms with Crippen LogP contribution in [0.4, 0.5) is 0 Å². The van der Waals surface area contributed by atoms with Gasteiger partial charge in [0.25, 0.3) is 0 Å². The number of aryl methyl sites for hydroxylation is 1. The van der Waals surface area contributed by atoms with E-state index in [1.807, 2.05) is 72.8 Å². The highest BCUT2D eigenvalue weighted by molar-refractivity contribution is 6.30. The lowest BCUT2D eigenvalue weighted by atomic mass is 9.94. The first-order valence-electron chi connectivity index (χ1n) is 14.1. The number of nitrogens with zero attached hydrogens (tertiary/aromatic N) is 1. The number of benzene rings is 3. The summed E-state index contributed by atoms with van der Waals surface area (Å²) in [4.78, 5) is 29.6. The van der Waals surface area contributed by atoms with Crippen molar-refractivity contribution in [2.24, 2.45) is 0 Å². The molecule has 212 valence electrons. The maximum atomic E-state index is 14.0. The molecule has 40 heavy (non-hydrogen) atoms. The SMILES string of the molecule is COc1ccc(CCC(=O)N(Cc2cccc(Cl)c2)[C@H](Cc2ccccc2)C(=O)NC2CCCCC2)cc1OC. The maximum Gasteiger partial charge on any atom is 0.243 e. The molecule has 0 bridgehead atoms. The summed E-state index contributed by atoms with van der Waals surface area (Å²) in [6.45, 7) is 0.293. The Morgan fingerprint density at radius 3 is 2.30 bits per heavy atom. The minimum absolute atomic E-state index is 0.0884. The van der Waals surface area contributed by atoms with Crippen LogP contribution in [0.3, 0.4) is 0 Å². The largest absolute Gasteiger partial charge is 0.493 e. The van der Waals surface area contributed by atoms with E-state index in [4.69, 9.17) is 21.1 Å². The smallest absolute Gasteiger partial charge is 0.243 e. The number of nitrogens with one attached hydrogen (secondary N) is 1. The van der Waals surface area contributed by atoms with Crippen LogP contribution in [0.5, 0.6) is 11.5 Å². The van der Waals surface area contributed by atoms with Crippen LogP contribution in [-0.4, -0.2) is 43.0 Å². The van der Waals surface area contributed by atoms with E-state index < -0.39 is 6.04 Å². The number of hydrogen-bond donors (Lipinski definition) is 1. The summed E-state index contributed by atoms with van der Waals surface area (Å²) >= 11 is 6.30. The molecule has 0 saturated heterocycles. The van der Waals surface area contributed by atoms with Gasteiger partial charge in [0.05, 0.1) is 14.2 Å². The molecule has 1 fully saturated rings. The Morgan fingerprint density at radius 1 is 0.875 bits per heavy atom. The predicted octanol–water partition coefficient (Wildman–Crippen LogP) is 6.38. The first-order valence-corrected chi connectivity index (χ1v) is 14.4. The molecule has 3 aromatic carbocycles. The van der Waals surface area contributed by atoms with E-state index >= 15 is 0 Å². The van der Waals surface area contributed by atoms with Crippen molar-refractivity contribution >= 4 is 23.4 Å². The average molecular weight is 563 g/mol. The van der Waals surface area contributed by atoms with Gasteiger partial charge in [0.1, 0.15) is 6.04 Å². The van der Waals surface area contributed by atoms with Crippen LogP contribution < -0.4 is 14.8 Å². The van der Waals surface area contributed by atoms with Crippen molar-refractivity contribution in [2.75, 3.05) is 14.2 Å². The molecule has 3 aromatic rings. The Hall–Kier alpha value is -3.51. The lowest BCUT2D eigenvalue weighted by Crippen LogP contribution is -2.52. The zero-order valence-electron chi connectivity index (χ0n) is 23.4. The Kier molecular flexibility index (Phi) is 10.9. The second-order valence-corrected chi connectivity index (χ2v) is 10.8. The molecule has 1 aliphatic carbocycles. The van der Waals surface area contributed by atoms with Crippen LogP contribution in [-0.2, 0) is 29.0 Å². The van der Waals surface area contributed by atoms with Crippen LogP contribution >= 0.6 is 11.6 Å². The van der Waals surface area contributed by atoms with Crippen molar-refractivity contribution in [2.45, 2.75) is 70.0 Å². The molecule has 0 aliphatic heterocycles. The van der Waals surface area contributed by atoms with Gasteiger partial charge in [-0.25, -0.2) is 0 Å². The Balaban J connectivity index is 1.61. The molecule has 2 amide bonds. The number of methoxy groups -OCH3 is 2. The van der Waals surface area contributed by atoms with E-state index in [-0.39, 0.29) is 24.3 Å². The zero-order valence-corrected chi connectivity index (χ0v) is 24.2. The summed E-state index contributed by atoms with van der Waals surface area (Å²) in [6, 6.07) is 22.6. The number of hydrogen-bond acceptors (Lipinski definition) is 4. The van der Waals surface area contributed by atoms with Gasteiger partial charge in [-0.15, -0.1) is 0 Å². The number of amides is 2. The average Bonchev–Trinajstić information content (AvgIpc) is 2.98. The third-order valence-electron chi connectivity index (χ3n) is 7.54. The van der Waals surface area contributed by atoms with E-state index in [0.717, 1.165) is 42.4 Å². The van der Waals surface area contributed by atoms with Gasteiger partial charge >= 0.3 is 0 Å². The van der Waals surface area contributed by atoms with Gasteiger partial charge in [-0.1, -0.05) is 79.4 Å². The lowest BCUT2D eigenvalue weighted by molar-refractivity contribution is -0.141. The van der Waals surface area contributed by atoms with E-state index in [1.54, 1.807) is 19.1 Å². The molecule has 7 heteroatoms. The normalized spacial score (nSPS) is 14.3. The molecule has 0 radical (unpaired) electrons. The molecule has 1 atom stereocenters. The van der Waals surface area contributed by atoms with Gasteiger partial charge in [-0.05, 0) is 60.2 Å². The van der Waals surface area contributed by atoms with Crippen LogP contribution in [0.1, 0.15) is 55.2 Å². The zero-order chi connectivity index (χ0) is 28.3. The van der Waals surface area contributed by atoms with E-state index in [1.165, 1.54) is 6.42 Å². The number of ether oxygens (including phenoxy) is 2. The highest BCUT2D eigenvalue weighted by Gasteiger charge is 2.31. The van der Waals surface area contributed by atoms with E-state index in [0.29, 0.717) is 35.9 Å². The molecule has 0 spiro atoms. The van der Waals surface area contributed by atoms with Crippen molar-refractivity contribution < 1.29 is 19.1 Å². The van der Waals surface area contributed by atoms with Crippen molar-refractivity contribution in [3.63, 3.8) is 0 Å². The van der Waals surface area contributed by atoms with Crippen LogP contribution in [0.2, 0.25) is 5.02 Å². The Bertz CT molecular complexity index is 1260. The number of rotatable bonds is 12. The minimum atomic E-state index is -0.652. The molecular formula is C33H39ClN2O4. The van der Waals surface area contributed by atoms with Gasteiger partial charge in [0, 0.05) is 30.5 Å². The second-order valence-electron chi connectivity index (χ2n) is 10.4. The van der Waals surface area contributed by atoms with Crippen molar-refractivity contribution in [3.05, 3.63) is 94.5 Å². The molecule has 1 aliphatic rings. The number of carbonyl (C=O) groups excluding carboxylic acids is 2. The van der Waals surface area contributed by atoms with Gasteiger partial charge in [0.15, 0.2) is 11.5 Å². The number of carbonyl (C=O) groups is 2. The van der Waals surface area contributed by atoms with Crippen LogP contribution in [0.25, 0.3) is 0 Å². The highest BCUT2D eigenvalue weighted by atomic mass is 35.5. The molecule has 0 heterocycles. The fourth-order valence-corrected chi connectivity index (χ4v) is 5.57. The molecule has 4 rings (SSSR count). The summed E-state index contributed by atoms with van der Waals surface area (Å²) in [7, 11) is 3.19. The van der Waals surface area contributed by atoms with E-state index in [9.17, 15) is 9.59 Å². The van der Waals surface area contributed by atoms with Crippen LogP contribution in [0.15, 0.2) is 72.8 Å². The van der Waals surface area contributed by atoms with Crippen molar-refractivity contribution in [3.8, 4) is 11.5 Å². The molecule has 1 saturated carbocycles. The number of halogens is 1. The fraction of sp³-hybridized carbons (Fsp3) is 0.394. The van der Waals surface area contributed by atoms with Gasteiger partial charge < -0.3 is 19.7 Å². The summed E-state index contributed by atoms with van der Waals surface area (Å²) in [5.41, 5.74) is 2.85. The first-order chi connectivity index (χ1) is 19.5. The maximum absolute atomic E-state index is 14.0. The molecular weight excluding hydrogens is 524 g/mol. The molecule has 0 aromatic heterocycles. The monoisotopic (exact) mass is 562 g/mol.